The molecule has 1 aromatic rings. The van der Waals surface area contributed by atoms with Crippen molar-refractivity contribution in [2.24, 2.45) is 5.92 Å². The molecule has 0 aliphatic heterocycles. The lowest BCUT2D eigenvalue weighted by atomic mass is 9.86. The molecule has 0 bridgehead atoms. The predicted octanol–water partition coefficient (Wildman–Crippen LogP) is 2.59. The van der Waals surface area contributed by atoms with Gasteiger partial charge in [0.1, 0.15) is 10.0 Å². The molecule has 1 N–H and O–H groups in total. The van der Waals surface area contributed by atoms with Crippen LogP contribution < -0.4 is 5.32 Å². The lowest BCUT2D eigenvalue weighted by Crippen LogP contribution is -2.22. The van der Waals surface area contributed by atoms with Crippen molar-refractivity contribution in [2.75, 3.05) is 13.1 Å². The molecular weight excluding hydrogens is 218 g/mol. The summed E-state index contributed by atoms with van der Waals surface area (Å²) in [5.41, 5.74) is 0. The second kappa shape index (κ2) is 5.73. The van der Waals surface area contributed by atoms with Crippen LogP contribution in [0.4, 0.5) is 0 Å². The maximum Gasteiger partial charge on any atom is 0.120 e. The molecule has 1 heterocycles. The fourth-order valence-electron chi connectivity index (χ4n) is 1.77. The van der Waals surface area contributed by atoms with Crippen LogP contribution >= 0.6 is 11.3 Å². The van der Waals surface area contributed by atoms with E-state index in [1.807, 2.05) is 11.3 Å². The van der Waals surface area contributed by atoms with E-state index in [0.29, 0.717) is 0 Å². The summed E-state index contributed by atoms with van der Waals surface area (Å²) in [5.74, 6) is 1.45. The van der Waals surface area contributed by atoms with Crippen molar-refractivity contribution in [3.63, 3.8) is 0 Å². The van der Waals surface area contributed by atoms with E-state index in [-0.39, 0.29) is 0 Å². The summed E-state index contributed by atoms with van der Waals surface area (Å²) in [7, 11) is 0. The molecule has 3 nitrogen and oxygen atoms in total. The Balaban J connectivity index is 1.70. The van der Waals surface area contributed by atoms with E-state index < -0.39 is 0 Å². The van der Waals surface area contributed by atoms with Crippen LogP contribution in [0.2, 0.25) is 0 Å². The van der Waals surface area contributed by atoms with Crippen LogP contribution in [0.25, 0.3) is 0 Å². The quantitative estimate of drug-likeness (QED) is 0.775. The zero-order chi connectivity index (χ0) is 11.4. The highest BCUT2D eigenvalue weighted by atomic mass is 32.1. The number of hydrogen-bond donors (Lipinski definition) is 1. The zero-order valence-electron chi connectivity index (χ0n) is 10.2. The smallest absolute Gasteiger partial charge is 0.120 e. The fourth-order valence-corrected chi connectivity index (χ4v) is 2.79. The van der Waals surface area contributed by atoms with Crippen molar-refractivity contribution in [1.29, 1.82) is 0 Å². The Labute approximate surface area is 102 Å². The molecule has 1 aliphatic rings. The second-order valence-corrected chi connectivity index (χ2v) is 6.10. The minimum absolute atomic E-state index is 0.722. The molecule has 90 valence electrons. The molecule has 0 atom stereocenters. The average Bonchev–Trinajstić information content (AvgIpc) is 2.58. The van der Waals surface area contributed by atoms with Gasteiger partial charge in [0.25, 0.3) is 0 Å². The first-order chi connectivity index (χ1) is 7.75. The number of hydrogen-bond acceptors (Lipinski definition) is 4. The van der Waals surface area contributed by atoms with Gasteiger partial charge in [-0.05, 0) is 25.3 Å². The molecule has 4 heteroatoms. The lowest BCUT2D eigenvalue weighted by Gasteiger charge is -2.21. The van der Waals surface area contributed by atoms with Crippen LogP contribution in [-0.4, -0.2) is 23.3 Å². The molecular formula is C12H21N3S. The largest absolute Gasteiger partial charge is 0.316 e. The van der Waals surface area contributed by atoms with E-state index in [0.717, 1.165) is 31.3 Å². The first kappa shape index (κ1) is 12.0. The van der Waals surface area contributed by atoms with Gasteiger partial charge in [-0.3, -0.25) is 0 Å². The molecule has 1 saturated carbocycles. The van der Waals surface area contributed by atoms with E-state index in [1.165, 1.54) is 29.3 Å². The second-order valence-electron chi connectivity index (χ2n) is 5.01. The Morgan fingerprint density at radius 2 is 2.19 bits per heavy atom. The van der Waals surface area contributed by atoms with Gasteiger partial charge in [0.2, 0.25) is 0 Å². The maximum absolute atomic E-state index is 4.29. The van der Waals surface area contributed by atoms with Crippen molar-refractivity contribution < 1.29 is 0 Å². The highest BCUT2D eigenvalue weighted by Gasteiger charge is 2.23. The van der Waals surface area contributed by atoms with Crippen LogP contribution in [0.5, 0.6) is 0 Å². The topological polar surface area (TPSA) is 37.8 Å². The molecule has 0 saturated heterocycles. The fraction of sp³-hybridized carbons (Fsp3) is 0.833. The van der Waals surface area contributed by atoms with Crippen molar-refractivity contribution >= 4 is 11.3 Å². The minimum atomic E-state index is 0.722. The zero-order valence-corrected chi connectivity index (χ0v) is 11.0. The summed E-state index contributed by atoms with van der Waals surface area (Å²) in [6.07, 6.45) is 5.03. The Bertz CT molecular complexity index is 318. The van der Waals surface area contributed by atoms with E-state index in [2.05, 4.69) is 29.4 Å². The van der Waals surface area contributed by atoms with Crippen molar-refractivity contribution in [2.45, 2.75) is 45.4 Å². The van der Waals surface area contributed by atoms with Crippen molar-refractivity contribution in [3.05, 3.63) is 10.0 Å². The third kappa shape index (κ3) is 3.25. The van der Waals surface area contributed by atoms with Gasteiger partial charge >= 0.3 is 0 Å². The normalized spacial score (nSPS) is 16.7. The summed E-state index contributed by atoms with van der Waals surface area (Å²) < 4.78 is 0. The molecule has 2 rings (SSSR count). The lowest BCUT2D eigenvalue weighted by molar-refractivity contribution is 0.416. The molecule has 1 aliphatic carbocycles. The third-order valence-electron chi connectivity index (χ3n) is 3.01. The number of rotatable bonds is 6. The van der Waals surface area contributed by atoms with E-state index in [1.54, 1.807) is 0 Å². The van der Waals surface area contributed by atoms with Crippen LogP contribution in [0.15, 0.2) is 0 Å². The molecule has 0 unspecified atom stereocenters. The minimum Gasteiger partial charge on any atom is -0.316 e. The average molecular weight is 239 g/mol. The molecule has 0 spiro atoms. The molecule has 0 aromatic carbocycles. The molecule has 1 fully saturated rings. The van der Waals surface area contributed by atoms with Crippen molar-refractivity contribution in [1.82, 2.24) is 15.5 Å². The van der Waals surface area contributed by atoms with E-state index >= 15 is 0 Å². The van der Waals surface area contributed by atoms with Gasteiger partial charge in [-0.25, -0.2) is 0 Å². The number of aromatic nitrogens is 2. The summed E-state index contributed by atoms with van der Waals surface area (Å²) in [5, 5.41) is 14.5. The van der Waals surface area contributed by atoms with E-state index in [9.17, 15) is 0 Å². The van der Waals surface area contributed by atoms with Crippen molar-refractivity contribution in [3.8, 4) is 0 Å². The van der Waals surface area contributed by atoms with Gasteiger partial charge in [0, 0.05) is 18.9 Å². The third-order valence-corrected chi connectivity index (χ3v) is 4.15. The number of nitrogens with zero attached hydrogens (tertiary/aromatic N) is 2. The SMILES string of the molecule is CC(C)CNCCc1nnc(C2CCC2)s1. The van der Waals surface area contributed by atoms with Gasteiger partial charge in [-0.1, -0.05) is 20.3 Å². The summed E-state index contributed by atoms with van der Waals surface area (Å²) in [6, 6.07) is 0. The van der Waals surface area contributed by atoms with Gasteiger partial charge in [-0.15, -0.1) is 21.5 Å². The van der Waals surface area contributed by atoms with Crippen LogP contribution in [0.3, 0.4) is 0 Å². The maximum atomic E-state index is 4.29. The highest BCUT2D eigenvalue weighted by Crippen LogP contribution is 2.37. The summed E-state index contributed by atoms with van der Waals surface area (Å²) in [4.78, 5) is 0. The first-order valence-electron chi connectivity index (χ1n) is 6.28. The standard InChI is InChI=1S/C12H21N3S/c1-9(2)8-13-7-6-11-14-15-12(16-11)10-4-3-5-10/h9-10,13H,3-8H2,1-2H3. The summed E-state index contributed by atoms with van der Waals surface area (Å²) >= 11 is 1.81. The summed E-state index contributed by atoms with van der Waals surface area (Å²) in [6.45, 7) is 6.57. The van der Waals surface area contributed by atoms with Crippen LogP contribution in [-0.2, 0) is 6.42 Å². The molecule has 0 radical (unpaired) electrons. The molecule has 0 amide bonds. The molecule has 1 aromatic heterocycles. The van der Waals surface area contributed by atoms with Gasteiger partial charge < -0.3 is 5.32 Å². The highest BCUT2D eigenvalue weighted by molar-refractivity contribution is 7.11. The van der Waals surface area contributed by atoms with Crippen LogP contribution in [0.1, 0.15) is 49.0 Å². The van der Waals surface area contributed by atoms with Gasteiger partial charge in [0.15, 0.2) is 0 Å². The van der Waals surface area contributed by atoms with Gasteiger partial charge in [-0.2, -0.15) is 0 Å². The Kier molecular flexibility index (Phi) is 4.29. The Hall–Kier alpha value is -0.480. The van der Waals surface area contributed by atoms with Gasteiger partial charge in [0.05, 0.1) is 0 Å². The predicted molar refractivity (Wildman–Crippen MR) is 67.9 cm³/mol. The Morgan fingerprint density at radius 1 is 1.38 bits per heavy atom. The van der Waals surface area contributed by atoms with Crippen LogP contribution in [0, 0.1) is 5.92 Å². The number of nitrogens with one attached hydrogen (secondary N) is 1. The first-order valence-corrected chi connectivity index (χ1v) is 7.10. The monoisotopic (exact) mass is 239 g/mol. The molecule has 16 heavy (non-hydrogen) atoms. The Morgan fingerprint density at radius 3 is 2.81 bits per heavy atom. The van der Waals surface area contributed by atoms with E-state index in [4.69, 9.17) is 0 Å².